The second-order valence-electron chi connectivity index (χ2n) is 4.01. The first kappa shape index (κ1) is 13.5. The van der Waals surface area contributed by atoms with Crippen LogP contribution in [0.15, 0.2) is 24.3 Å². The summed E-state index contributed by atoms with van der Waals surface area (Å²) in [5.41, 5.74) is 0.949. The summed E-state index contributed by atoms with van der Waals surface area (Å²) < 4.78 is 0. The van der Waals surface area contributed by atoms with Crippen molar-refractivity contribution in [3.05, 3.63) is 34.9 Å². The first-order valence-corrected chi connectivity index (χ1v) is 5.76. The van der Waals surface area contributed by atoms with E-state index in [2.05, 4.69) is 10.2 Å². The van der Waals surface area contributed by atoms with E-state index in [1.807, 2.05) is 38.4 Å². The van der Waals surface area contributed by atoms with E-state index < -0.39 is 0 Å². The number of halogens is 1. The van der Waals surface area contributed by atoms with Crippen molar-refractivity contribution in [3.8, 4) is 0 Å². The lowest BCUT2D eigenvalue weighted by atomic mass is 10.1. The third kappa shape index (κ3) is 4.10. The topological polar surface area (TPSA) is 35.5 Å². The fraction of sp³-hybridized carbons (Fsp3) is 0.500. The summed E-state index contributed by atoms with van der Waals surface area (Å²) in [6.45, 7) is 1.81. The number of aliphatic hydroxyl groups excluding tert-OH is 1. The Morgan fingerprint density at radius 2 is 2.06 bits per heavy atom. The molecule has 1 rings (SSSR count). The lowest BCUT2D eigenvalue weighted by molar-refractivity contribution is 0.240. The number of aliphatic hydroxyl groups is 1. The molecule has 0 saturated heterocycles. The zero-order chi connectivity index (χ0) is 12.0. The average Bonchev–Trinajstić information content (AvgIpc) is 2.25. The minimum Gasteiger partial charge on any atom is -0.394 e. The summed E-state index contributed by atoms with van der Waals surface area (Å²) in [4.78, 5) is 2.09. The second kappa shape index (κ2) is 6.86. The van der Waals surface area contributed by atoms with Gasteiger partial charge in [-0.2, -0.15) is 0 Å². The van der Waals surface area contributed by atoms with Gasteiger partial charge in [0.2, 0.25) is 0 Å². The molecule has 1 atom stereocenters. The molecular weight excluding hydrogens is 224 g/mol. The predicted octanol–water partition coefficient (Wildman–Crippen LogP) is 1.52. The van der Waals surface area contributed by atoms with Gasteiger partial charge in [0.1, 0.15) is 0 Å². The summed E-state index contributed by atoms with van der Waals surface area (Å²) in [5, 5.41) is 13.3. The van der Waals surface area contributed by atoms with Crippen molar-refractivity contribution in [1.29, 1.82) is 0 Å². The number of nitrogens with one attached hydrogen (secondary N) is 1. The van der Waals surface area contributed by atoms with Crippen molar-refractivity contribution in [2.24, 2.45) is 0 Å². The first-order chi connectivity index (χ1) is 7.65. The molecule has 0 aromatic heterocycles. The number of rotatable bonds is 6. The standard InChI is InChI=1S/C12H19ClN2O/c1-15(2)8-7-14-12(9-16)10-5-3-4-6-11(10)13/h3-6,12,14,16H,7-9H2,1-2H3. The van der Waals surface area contributed by atoms with Crippen LogP contribution in [0.25, 0.3) is 0 Å². The fourth-order valence-corrected chi connectivity index (χ4v) is 1.76. The van der Waals surface area contributed by atoms with Crippen LogP contribution in [0.5, 0.6) is 0 Å². The molecule has 1 aromatic rings. The maximum absolute atomic E-state index is 9.33. The lowest BCUT2D eigenvalue weighted by Crippen LogP contribution is -2.31. The summed E-state index contributed by atoms with van der Waals surface area (Å²) in [5.74, 6) is 0. The van der Waals surface area contributed by atoms with Crippen LogP contribution < -0.4 is 5.32 Å². The molecule has 90 valence electrons. The van der Waals surface area contributed by atoms with E-state index >= 15 is 0 Å². The molecule has 0 spiro atoms. The van der Waals surface area contributed by atoms with Gasteiger partial charge in [0.15, 0.2) is 0 Å². The van der Waals surface area contributed by atoms with E-state index in [1.165, 1.54) is 0 Å². The Bertz CT molecular complexity index is 318. The molecule has 1 aromatic carbocycles. The molecule has 0 saturated carbocycles. The average molecular weight is 243 g/mol. The molecule has 2 N–H and O–H groups in total. The van der Waals surface area contributed by atoms with Gasteiger partial charge in [0, 0.05) is 18.1 Å². The Morgan fingerprint density at radius 1 is 1.38 bits per heavy atom. The molecule has 0 aliphatic carbocycles. The molecule has 0 amide bonds. The van der Waals surface area contributed by atoms with Gasteiger partial charge >= 0.3 is 0 Å². The normalized spacial score (nSPS) is 13.1. The van der Waals surface area contributed by atoms with E-state index in [0.29, 0.717) is 5.02 Å². The minimum atomic E-state index is -0.0892. The van der Waals surface area contributed by atoms with Crippen molar-refractivity contribution in [2.45, 2.75) is 6.04 Å². The molecule has 0 aliphatic heterocycles. The van der Waals surface area contributed by atoms with Crippen LogP contribution in [0.2, 0.25) is 5.02 Å². The summed E-state index contributed by atoms with van der Waals surface area (Å²) in [7, 11) is 4.04. The summed E-state index contributed by atoms with van der Waals surface area (Å²) in [6, 6.07) is 7.50. The Morgan fingerprint density at radius 3 is 2.62 bits per heavy atom. The number of hydrogen-bond donors (Lipinski definition) is 2. The van der Waals surface area contributed by atoms with Gasteiger partial charge in [0.05, 0.1) is 12.6 Å². The van der Waals surface area contributed by atoms with Crippen molar-refractivity contribution in [2.75, 3.05) is 33.8 Å². The lowest BCUT2D eigenvalue weighted by Gasteiger charge is -2.19. The van der Waals surface area contributed by atoms with Gasteiger partial charge < -0.3 is 15.3 Å². The van der Waals surface area contributed by atoms with E-state index in [-0.39, 0.29) is 12.6 Å². The number of nitrogens with zero attached hydrogens (tertiary/aromatic N) is 1. The third-order valence-electron chi connectivity index (χ3n) is 2.41. The predicted molar refractivity (Wildman–Crippen MR) is 67.8 cm³/mol. The Labute approximate surface area is 102 Å². The summed E-state index contributed by atoms with van der Waals surface area (Å²) in [6.07, 6.45) is 0. The molecule has 0 radical (unpaired) electrons. The largest absolute Gasteiger partial charge is 0.394 e. The highest BCUT2D eigenvalue weighted by Gasteiger charge is 2.12. The van der Waals surface area contributed by atoms with Crippen LogP contribution in [-0.4, -0.2) is 43.8 Å². The number of benzene rings is 1. The summed E-state index contributed by atoms with van der Waals surface area (Å²) >= 11 is 6.08. The van der Waals surface area contributed by atoms with Gasteiger partial charge in [-0.1, -0.05) is 29.8 Å². The van der Waals surface area contributed by atoms with Crippen molar-refractivity contribution < 1.29 is 5.11 Å². The van der Waals surface area contributed by atoms with Gasteiger partial charge in [-0.3, -0.25) is 0 Å². The van der Waals surface area contributed by atoms with E-state index in [1.54, 1.807) is 0 Å². The zero-order valence-electron chi connectivity index (χ0n) is 9.78. The fourth-order valence-electron chi connectivity index (χ4n) is 1.49. The SMILES string of the molecule is CN(C)CCNC(CO)c1ccccc1Cl. The molecule has 0 fully saturated rings. The molecule has 16 heavy (non-hydrogen) atoms. The molecule has 1 unspecified atom stereocenters. The number of hydrogen-bond acceptors (Lipinski definition) is 3. The van der Waals surface area contributed by atoms with Crippen LogP contribution in [0.4, 0.5) is 0 Å². The maximum Gasteiger partial charge on any atom is 0.0627 e. The maximum atomic E-state index is 9.33. The van der Waals surface area contributed by atoms with Crippen LogP contribution in [-0.2, 0) is 0 Å². The van der Waals surface area contributed by atoms with Crippen LogP contribution in [0.1, 0.15) is 11.6 Å². The van der Waals surface area contributed by atoms with Gasteiger partial charge in [-0.25, -0.2) is 0 Å². The van der Waals surface area contributed by atoms with Crippen LogP contribution >= 0.6 is 11.6 Å². The van der Waals surface area contributed by atoms with E-state index in [0.717, 1.165) is 18.7 Å². The Kier molecular flexibility index (Phi) is 5.77. The van der Waals surface area contributed by atoms with Crippen molar-refractivity contribution in [1.82, 2.24) is 10.2 Å². The quantitative estimate of drug-likeness (QED) is 0.794. The van der Waals surface area contributed by atoms with Gasteiger partial charge in [-0.15, -0.1) is 0 Å². The van der Waals surface area contributed by atoms with E-state index in [9.17, 15) is 5.11 Å². The highest BCUT2D eigenvalue weighted by molar-refractivity contribution is 6.31. The van der Waals surface area contributed by atoms with Crippen molar-refractivity contribution >= 4 is 11.6 Å². The number of likely N-dealkylation sites (N-methyl/N-ethyl adjacent to an activating group) is 1. The second-order valence-corrected chi connectivity index (χ2v) is 4.42. The molecule has 0 heterocycles. The van der Waals surface area contributed by atoms with Gasteiger partial charge in [0.25, 0.3) is 0 Å². The van der Waals surface area contributed by atoms with Crippen LogP contribution in [0, 0.1) is 0 Å². The van der Waals surface area contributed by atoms with E-state index in [4.69, 9.17) is 11.6 Å². The monoisotopic (exact) mass is 242 g/mol. The third-order valence-corrected chi connectivity index (χ3v) is 2.76. The van der Waals surface area contributed by atoms with Crippen LogP contribution in [0.3, 0.4) is 0 Å². The molecule has 3 nitrogen and oxygen atoms in total. The Hall–Kier alpha value is -0.610. The molecular formula is C12H19ClN2O. The zero-order valence-corrected chi connectivity index (χ0v) is 10.5. The first-order valence-electron chi connectivity index (χ1n) is 5.38. The highest BCUT2D eigenvalue weighted by atomic mass is 35.5. The molecule has 0 aliphatic rings. The smallest absolute Gasteiger partial charge is 0.0627 e. The highest BCUT2D eigenvalue weighted by Crippen LogP contribution is 2.21. The minimum absolute atomic E-state index is 0.0527. The van der Waals surface area contributed by atoms with Gasteiger partial charge in [-0.05, 0) is 25.7 Å². The Balaban J connectivity index is 2.57. The molecule has 4 heteroatoms. The molecule has 0 bridgehead atoms. The van der Waals surface area contributed by atoms with Crippen molar-refractivity contribution in [3.63, 3.8) is 0 Å².